The second kappa shape index (κ2) is 64.8. The number of nitrogens with zero attached hydrogens (tertiary/aromatic N) is 3. The van der Waals surface area contributed by atoms with Gasteiger partial charge in [-0.15, -0.1) is 0 Å². The number of amides is 15. The van der Waals surface area contributed by atoms with Crippen molar-refractivity contribution in [3.8, 4) is 0 Å². The summed E-state index contributed by atoms with van der Waals surface area (Å²) in [5.74, 6) is -13.6. The first-order valence-corrected chi connectivity index (χ1v) is 46.4. The highest BCUT2D eigenvalue weighted by molar-refractivity contribution is 5.96. The van der Waals surface area contributed by atoms with Crippen molar-refractivity contribution in [3.63, 3.8) is 0 Å². The zero-order chi connectivity index (χ0) is 104. The molecule has 1 heterocycles. The summed E-state index contributed by atoms with van der Waals surface area (Å²) >= 11 is 0. The molecular weight excluding hydrogens is 1820 g/mol. The topological polar surface area (TPSA) is 705 Å². The number of Topliss-reactive ketones (excluding diaryl/α,β-unsaturated/α-hetero) is 1. The minimum absolute atomic E-state index is 0.0423. The van der Waals surface area contributed by atoms with Crippen LogP contribution in [0, 0.1) is 29.1 Å². The molecule has 786 valence electrons. The molecule has 2 rings (SSSR count). The Hall–Kier alpha value is -10.3. The monoisotopic (exact) mass is 1970 g/mol. The Balaban J connectivity index is 2.22. The Morgan fingerprint density at radius 2 is 1.05 bits per heavy atom. The first kappa shape index (κ1) is 124. The molecule has 0 radical (unpaired) electrons. The number of aliphatic hydroxyl groups excluding tert-OH is 10. The Morgan fingerprint density at radius 1 is 0.514 bits per heavy atom. The van der Waals surface area contributed by atoms with Crippen molar-refractivity contribution in [3.05, 3.63) is 35.9 Å². The lowest BCUT2D eigenvalue weighted by atomic mass is 9.89. The number of ether oxygens (including phenoxy) is 5. The molecule has 138 heavy (non-hydrogen) atoms. The van der Waals surface area contributed by atoms with Crippen molar-refractivity contribution in [1.82, 2.24) is 83.8 Å². The van der Waals surface area contributed by atoms with E-state index < -0.39 is 283 Å². The van der Waals surface area contributed by atoms with Crippen LogP contribution in [0.5, 0.6) is 0 Å². The van der Waals surface area contributed by atoms with Gasteiger partial charge in [0.1, 0.15) is 79.2 Å². The molecule has 1 fully saturated rings. The summed E-state index contributed by atoms with van der Waals surface area (Å²) in [5.41, 5.74) is 0.603. The van der Waals surface area contributed by atoms with Crippen molar-refractivity contribution in [2.75, 3.05) is 134 Å². The van der Waals surface area contributed by atoms with Gasteiger partial charge in [-0.2, -0.15) is 0 Å². The number of carbonyl (C=O) groups is 17. The molecule has 0 spiro atoms. The largest absolute Gasteiger partial charge is 0.464 e. The summed E-state index contributed by atoms with van der Waals surface area (Å²) in [7, 11) is 8.18. The lowest BCUT2D eigenvalue weighted by molar-refractivity contribution is -0.148. The quantitative estimate of drug-likeness (QED) is 0.0213. The van der Waals surface area contributed by atoms with Crippen LogP contribution in [0.4, 0.5) is 4.79 Å². The molecule has 1 saturated heterocycles. The summed E-state index contributed by atoms with van der Waals surface area (Å²) in [6.45, 7) is 13.1. The van der Waals surface area contributed by atoms with Gasteiger partial charge in [-0.1, -0.05) is 106 Å². The van der Waals surface area contributed by atoms with Crippen LogP contribution in [0.15, 0.2) is 30.3 Å². The van der Waals surface area contributed by atoms with Crippen LogP contribution in [0.25, 0.3) is 0 Å². The highest BCUT2D eigenvalue weighted by atomic mass is 16.6. The predicted octanol–water partition coefficient (Wildman–Crippen LogP) is -7.46. The normalized spacial score (nSPS) is 16.8. The maximum absolute atomic E-state index is 14.7. The fourth-order valence-corrected chi connectivity index (χ4v) is 14.7. The van der Waals surface area contributed by atoms with E-state index in [1.165, 1.54) is 21.1 Å². The number of benzene rings is 1. The van der Waals surface area contributed by atoms with Crippen LogP contribution in [0.1, 0.15) is 159 Å². The first-order valence-electron chi connectivity index (χ1n) is 46.4. The maximum Gasteiger partial charge on any atom is 0.407 e. The zero-order valence-electron chi connectivity index (χ0n) is 82.2. The summed E-state index contributed by atoms with van der Waals surface area (Å²) in [6.07, 6.45) is -20.8. The van der Waals surface area contributed by atoms with E-state index in [0.29, 0.717) is 38.0 Å². The SMILES string of the molecule is CC[C@H](C)[C@@H]([C@@H](CC(=O)N1CCC[C@H]1[C@H](OC)[C@@H](C)C(=O)N[C@@H](Cc1ccccc1)C(=O)NCCCOC(=O)C(C)NC(=O)CCNC(=O)OCC(NC(=O)CNC(=O)CNC(=O)CNC(=O)CNC(=O)CCNC(=O)CCOCC(C)(C)C)C(=O)NC(CCC(=O)CC[C@H](O)[C@@H](O)[C@H](O)[C@H](O)CO)C(=O)NC[C@H](O)[C@@H](O)[C@H](O)[C@H](O)CO)OC)N(C)C(=O)C(NC(=O)[C@H](C(C)C)N(C)C)C(C)C. The van der Waals surface area contributed by atoms with Gasteiger partial charge in [-0.25, -0.2) is 9.59 Å². The number of rotatable bonds is 67. The third-order valence-electron chi connectivity index (χ3n) is 22.8. The molecule has 15 amide bonds. The Kier molecular flexibility index (Phi) is 58.1. The summed E-state index contributed by atoms with van der Waals surface area (Å²) < 4.78 is 28.2. The van der Waals surface area contributed by atoms with Crippen molar-refractivity contribution in [2.24, 2.45) is 29.1 Å². The number of ketones is 1. The predicted molar refractivity (Wildman–Crippen MR) is 495 cm³/mol. The zero-order valence-corrected chi connectivity index (χ0v) is 82.2. The number of nitrogens with one attached hydrogen (secondary N) is 13. The summed E-state index contributed by atoms with van der Waals surface area (Å²) in [5, 5.41) is 131. The average Bonchev–Trinajstić information content (AvgIpc) is 1.66. The fourth-order valence-electron chi connectivity index (χ4n) is 14.7. The van der Waals surface area contributed by atoms with Gasteiger partial charge in [0, 0.05) is 92.5 Å². The molecule has 0 aromatic heterocycles. The molecule has 20 atom stereocenters. The van der Waals surface area contributed by atoms with Crippen molar-refractivity contribution >= 4 is 101 Å². The second-order valence-electron chi connectivity index (χ2n) is 36.3. The molecule has 0 aliphatic carbocycles. The van der Waals surface area contributed by atoms with Gasteiger partial charge < -0.3 is 154 Å². The van der Waals surface area contributed by atoms with E-state index in [9.17, 15) is 127 Å². The van der Waals surface area contributed by atoms with Crippen LogP contribution in [-0.2, 0) is 107 Å². The van der Waals surface area contributed by atoms with Crippen LogP contribution in [0.3, 0.4) is 0 Å². The third-order valence-corrected chi connectivity index (χ3v) is 22.8. The summed E-state index contributed by atoms with van der Waals surface area (Å²) in [6, 6.07) is -0.0907. The van der Waals surface area contributed by atoms with Crippen molar-refractivity contribution < 1.29 is 156 Å². The van der Waals surface area contributed by atoms with Gasteiger partial charge in [0.25, 0.3) is 0 Å². The standard InChI is InChI=1S/C90H154N16O32/c1-17-52(6)76(105(14)87(131)74(50(2)3)103-86(130)75(51(4)5)104(12)13)65(134-15)40-73(121)106-36-21-25-60(106)81(135-16)53(7)82(126)102-58(39-55-23-19-18-20-24-55)84(128)92-33-22-37-137-88(132)54(8)99-68(116)31-35-93-89(133)138-48-59(100-72(120)45-97-71(119)44-96-70(118)43-95-69(117)42-94-66(114)30-34-91-67(115)32-38-136-49-90(9,10)11)85(129)101-57(83(127)98-41-62(111)78(123)80(125)64(113)47-108)28-26-56(109)27-29-61(110)77(122)79(124)63(112)46-107/h18-20,23-24,50-54,57-65,74-81,107-108,110-113,122-125H,17,21-22,25-49H2,1-16H3,(H,91,115)(H,92,128)(H,93,133)(H,94,114)(H,95,117)(H,96,118)(H,97,119)(H,98,127)(H,99,116)(H,100,120)(H,101,129)(H,102,126)(H,103,130)/t52-,53+,54?,57?,58-,59?,60-,61-,62-,63+,64+,65+,74?,75-,76-,77+,78+,79+,80+,81+/m0/s1. The molecule has 48 heteroatoms. The Bertz CT molecular complexity index is 3990. The van der Waals surface area contributed by atoms with E-state index in [1.54, 1.807) is 68.2 Å². The van der Waals surface area contributed by atoms with E-state index in [0.717, 1.165) is 0 Å². The molecule has 48 nitrogen and oxygen atoms in total. The lowest BCUT2D eigenvalue weighted by Crippen LogP contribution is -2.59. The Labute approximate surface area is 805 Å². The molecule has 0 bridgehead atoms. The average molecular weight is 1970 g/mol. The number of carbonyl (C=O) groups excluding carboxylic acids is 17. The molecule has 4 unspecified atom stereocenters. The van der Waals surface area contributed by atoms with Gasteiger partial charge in [0.2, 0.25) is 82.7 Å². The van der Waals surface area contributed by atoms with E-state index in [1.807, 2.05) is 67.2 Å². The molecule has 1 aliphatic rings. The van der Waals surface area contributed by atoms with Crippen LogP contribution < -0.4 is 69.1 Å². The van der Waals surface area contributed by atoms with Gasteiger partial charge in [-0.05, 0) is 81.9 Å². The number of aliphatic hydroxyl groups is 10. The van der Waals surface area contributed by atoms with Crippen LogP contribution in [0.2, 0.25) is 0 Å². The van der Waals surface area contributed by atoms with Gasteiger partial charge in [0.05, 0.1) is 114 Å². The third kappa shape index (κ3) is 46.2. The highest BCUT2D eigenvalue weighted by Gasteiger charge is 2.45. The lowest BCUT2D eigenvalue weighted by Gasteiger charge is -2.41. The maximum atomic E-state index is 14.7. The fraction of sp³-hybridized carbons (Fsp3) is 0.744. The number of methoxy groups -OCH3 is 2. The van der Waals surface area contributed by atoms with Crippen molar-refractivity contribution in [2.45, 2.75) is 269 Å². The van der Waals surface area contributed by atoms with E-state index in [4.69, 9.17) is 28.8 Å². The molecule has 1 aromatic rings. The minimum atomic E-state index is -2.22. The van der Waals surface area contributed by atoms with Crippen molar-refractivity contribution in [1.29, 1.82) is 0 Å². The smallest absolute Gasteiger partial charge is 0.407 e. The highest BCUT2D eigenvalue weighted by Crippen LogP contribution is 2.31. The van der Waals surface area contributed by atoms with E-state index in [2.05, 4.69) is 69.1 Å². The number of hydrogen-bond donors (Lipinski definition) is 23. The minimum Gasteiger partial charge on any atom is -0.464 e. The summed E-state index contributed by atoms with van der Waals surface area (Å²) in [4.78, 5) is 233. The number of likely N-dealkylation sites (N-methyl/N-ethyl adjacent to an activating group) is 2. The number of esters is 1. The molecular formula is C90H154N16O32. The van der Waals surface area contributed by atoms with Gasteiger partial charge in [0.15, 0.2) is 0 Å². The van der Waals surface area contributed by atoms with Gasteiger partial charge in [-0.3, -0.25) is 76.8 Å². The number of alkyl carbamates (subject to hydrolysis) is 1. The van der Waals surface area contributed by atoms with Crippen LogP contribution >= 0.6 is 0 Å². The molecule has 1 aromatic carbocycles. The second-order valence-corrected chi connectivity index (χ2v) is 36.3. The Morgan fingerprint density at radius 3 is 1.60 bits per heavy atom. The molecule has 0 saturated carbocycles. The molecule has 1 aliphatic heterocycles. The van der Waals surface area contributed by atoms with Crippen LogP contribution in [-0.4, -0.2) is 410 Å². The van der Waals surface area contributed by atoms with Gasteiger partial charge >= 0.3 is 12.1 Å². The van der Waals surface area contributed by atoms with E-state index in [-0.39, 0.29) is 105 Å². The molecule has 23 N–H and O–H groups in total. The number of hydrogen-bond acceptors (Lipinski definition) is 33. The first-order chi connectivity index (χ1) is 64.9. The number of likely N-dealkylation sites (tertiary alicyclic amines) is 1. The van der Waals surface area contributed by atoms with E-state index >= 15 is 0 Å².